The predicted molar refractivity (Wildman–Crippen MR) is 114 cm³/mol. The topological polar surface area (TPSA) is 72.7 Å². The van der Waals surface area contributed by atoms with E-state index in [1.165, 1.54) is 18.9 Å². The van der Waals surface area contributed by atoms with E-state index in [0.717, 1.165) is 25.9 Å². The van der Waals surface area contributed by atoms with Gasteiger partial charge in [0.15, 0.2) is 5.78 Å². The van der Waals surface area contributed by atoms with E-state index < -0.39 is 0 Å². The minimum absolute atomic E-state index is 0.0839. The van der Waals surface area contributed by atoms with Crippen molar-refractivity contribution in [1.29, 1.82) is 0 Å². The summed E-state index contributed by atoms with van der Waals surface area (Å²) in [5.74, 6) is 1.94. The molecule has 0 saturated carbocycles. The van der Waals surface area contributed by atoms with Gasteiger partial charge in [0, 0.05) is 37.2 Å². The van der Waals surface area contributed by atoms with Crippen LogP contribution in [0.1, 0.15) is 56.3 Å². The van der Waals surface area contributed by atoms with E-state index in [1.807, 2.05) is 6.92 Å². The molecule has 29 heavy (non-hydrogen) atoms. The molecule has 0 bridgehead atoms. The van der Waals surface area contributed by atoms with Gasteiger partial charge in [-0.05, 0) is 49.1 Å². The summed E-state index contributed by atoms with van der Waals surface area (Å²) in [6, 6.07) is 11.9. The van der Waals surface area contributed by atoms with E-state index in [2.05, 4.69) is 11.8 Å². The van der Waals surface area contributed by atoms with Crippen LogP contribution in [-0.2, 0) is 0 Å². The Labute approximate surface area is 171 Å². The first-order valence-corrected chi connectivity index (χ1v) is 10.4. The monoisotopic (exact) mass is 396 g/mol. The third kappa shape index (κ3) is 5.13. The largest absolute Gasteiger partial charge is 0.457 e. The van der Waals surface area contributed by atoms with Gasteiger partial charge in [0.05, 0.1) is 4.92 Å². The normalized spacial score (nSPS) is 14.6. The molecule has 2 aromatic rings. The second-order valence-electron chi connectivity index (χ2n) is 7.53. The van der Waals surface area contributed by atoms with Gasteiger partial charge in [-0.2, -0.15) is 0 Å². The number of carbonyl (C=O) groups is 1. The lowest BCUT2D eigenvalue weighted by Gasteiger charge is -2.33. The van der Waals surface area contributed by atoms with Gasteiger partial charge in [-0.3, -0.25) is 14.9 Å². The maximum Gasteiger partial charge on any atom is 0.292 e. The number of hydrogen-bond donors (Lipinski definition) is 0. The molecular weight excluding hydrogens is 368 g/mol. The molecular formula is C23H28N2O4. The average Bonchev–Trinajstić information content (AvgIpc) is 2.74. The van der Waals surface area contributed by atoms with Crippen LogP contribution in [0.3, 0.4) is 0 Å². The summed E-state index contributed by atoms with van der Waals surface area (Å²) in [4.78, 5) is 25.1. The summed E-state index contributed by atoms with van der Waals surface area (Å²) in [6.07, 6.45) is 4.97. The van der Waals surface area contributed by atoms with E-state index >= 15 is 0 Å². The lowest BCUT2D eigenvalue weighted by Crippen LogP contribution is -2.34. The third-order valence-electron chi connectivity index (χ3n) is 5.53. The number of nitro benzene ring substituents is 1. The molecule has 1 fully saturated rings. The number of ketones is 1. The van der Waals surface area contributed by atoms with Crippen molar-refractivity contribution in [2.75, 3.05) is 18.0 Å². The summed E-state index contributed by atoms with van der Waals surface area (Å²) in [5, 5.41) is 11.5. The van der Waals surface area contributed by atoms with Gasteiger partial charge < -0.3 is 9.64 Å². The standard InChI is InChI=1S/C23H28N2O4/c1-3-5-17-12-14-24(15-13-17)22-16-20(10-11-21(22)25(27)28)29-19-8-6-18(7-9-19)23(26)4-2/h6-11,16-17H,3-5,12-15H2,1-2H3. The van der Waals surface area contributed by atoms with Gasteiger partial charge in [0.2, 0.25) is 0 Å². The van der Waals surface area contributed by atoms with Crippen LogP contribution in [-0.4, -0.2) is 23.8 Å². The fraction of sp³-hybridized carbons (Fsp3) is 0.435. The molecule has 1 heterocycles. The number of ether oxygens (including phenoxy) is 1. The predicted octanol–water partition coefficient (Wildman–Crippen LogP) is 6.00. The highest BCUT2D eigenvalue weighted by Crippen LogP contribution is 2.36. The third-order valence-corrected chi connectivity index (χ3v) is 5.53. The second kappa shape index (κ2) is 9.54. The van der Waals surface area contributed by atoms with E-state index in [4.69, 9.17) is 4.74 Å². The Morgan fingerprint density at radius 1 is 1.10 bits per heavy atom. The minimum Gasteiger partial charge on any atom is -0.457 e. The molecule has 0 spiro atoms. The number of hydrogen-bond acceptors (Lipinski definition) is 5. The van der Waals surface area contributed by atoms with E-state index in [0.29, 0.717) is 35.1 Å². The summed E-state index contributed by atoms with van der Waals surface area (Å²) in [5.41, 5.74) is 1.37. The molecule has 1 saturated heterocycles. The van der Waals surface area contributed by atoms with Crippen LogP contribution in [0.5, 0.6) is 11.5 Å². The second-order valence-corrected chi connectivity index (χ2v) is 7.53. The molecule has 0 unspecified atom stereocenters. The highest BCUT2D eigenvalue weighted by atomic mass is 16.6. The molecule has 0 amide bonds. The maximum atomic E-state index is 11.8. The molecule has 0 aromatic heterocycles. The fourth-order valence-corrected chi connectivity index (χ4v) is 3.89. The number of rotatable bonds is 8. The van der Waals surface area contributed by atoms with Crippen molar-refractivity contribution < 1.29 is 14.5 Å². The van der Waals surface area contributed by atoms with Crippen LogP contribution in [0.15, 0.2) is 42.5 Å². The van der Waals surface area contributed by atoms with Crippen molar-refractivity contribution >= 4 is 17.2 Å². The first-order chi connectivity index (χ1) is 14.0. The molecule has 6 nitrogen and oxygen atoms in total. The number of anilines is 1. The molecule has 0 radical (unpaired) electrons. The van der Waals surface area contributed by atoms with Gasteiger partial charge in [-0.15, -0.1) is 0 Å². The Morgan fingerprint density at radius 2 is 1.76 bits per heavy atom. The summed E-state index contributed by atoms with van der Waals surface area (Å²) in [6.45, 7) is 5.67. The molecule has 1 aliphatic rings. The molecule has 0 aliphatic carbocycles. The Morgan fingerprint density at radius 3 is 2.34 bits per heavy atom. The van der Waals surface area contributed by atoms with Gasteiger partial charge in [-0.1, -0.05) is 26.7 Å². The van der Waals surface area contributed by atoms with Crippen molar-refractivity contribution in [3.8, 4) is 11.5 Å². The van der Waals surface area contributed by atoms with Crippen molar-refractivity contribution in [2.24, 2.45) is 5.92 Å². The number of nitrogens with zero attached hydrogens (tertiary/aromatic N) is 2. The van der Waals surface area contributed by atoms with Crippen molar-refractivity contribution in [3.63, 3.8) is 0 Å². The van der Waals surface area contributed by atoms with Crippen molar-refractivity contribution in [3.05, 3.63) is 58.1 Å². The van der Waals surface area contributed by atoms with Crippen molar-refractivity contribution in [2.45, 2.75) is 46.0 Å². The van der Waals surface area contributed by atoms with Crippen LogP contribution >= 0.6 is 0 Å². The molecule has 3 rings (SSSR count). The van der Waals surface area contributed by atoms with Crippen LogP contribution in [0.2, 0.25) is 0 Å². The average molecular weight is 396 g/mol. The quantitative estimate of drug-likeness (QED) is 0.311. The Hall–Kier alpha value is -2.89. The molecule has 0 atom stereocenters. The fourth-order valence-electron chi connectivity index (χ4n) is 3.89. The SMILES string of the molecule is CCCC1CCN(c2cc(Oc3ccc(C(=O)CC)cc3)ccc2[N+](=O)[O-])CC1. The lowest BCUT2D eigenvalue weighted by atomic mass is 9.92. The van der Waals surface area contributed by atoms with E-state index in [9.17, 15) is 14.9 Å². The number of nitro groups is 1. The molecule has 154 valence electrons. The minimum atomic E-state index is -0.331. The van der Waals surface area contributed by atoms with Crippen LogP contribution in [0.4, 0.5) is 11.4 Å². The smallest absolute Gasteiger partial charge is 0.292 e. The first kappa shape index (κ1) is 20.8. The number of Topliss-reactive ketones (excluding diaryl/α,β-unsaturated/α-hetero) is 1. The Balaban J connectivity index is 1.78. The lowest BCUT2D eigenvalue weighted by molar-refractivity contribution is -0.384. The van der Waals surface area contributed by atoms with Gasteiger partial charge in [0.25, 0.3) is 5.69 Å². The van der Waals surface area contributed by atoms with Crippen LogP contribution in [0.25, 0.3) is 0 Å². The number of piperidine rings is 1. The zero-order valence-corrected chi connectivity index (χ0v) is 17.1. The Kier molecular flexibility index (Phi) is 6.86. The number of benzene rings is 2. The summed E-state index contributed by atoms with van der Waals surface area (Å²) >= 11 is 0. The highest BCUT2D eigenvalue weighted by molar-refractivity contribution is 5.95. The molecule has 1 aliphatic heterocycles. The Bertz CT molecular complexity index is 856. The molecule has 0 N–H and O–H groups in total. The van der Waals surface area contributed by atoms with Crippen molar-refractivity contribution in [1.82, 2.24) is 0 Å². The zero-order valence-electron chi connectivity index (χ0n) is 17.1. The van der Waals surface area contributed by atoms with Gasteiger partial charge in [-0.25, -0.2) is 0 Å². The van der Waals surface area contributed by atoms with Crippen LogP contribution in [0, 0.1) is 16.0 Å². The van der Waals surface area contributed by atoms with E-state index in [-0.39, 0.29) is 16.4 Å². The van der Waals surface area contributed by atoms with Gasteiger partial charge >= 0.3 is 0 Å². The van der Waals surface area contributed by atoms with E-state index in [1.54, 1.807) is 36.4 Å². The summed E-state index contributed by atoms with van der Waals surface area (Å²) in [7, 11) is 0. The molecule has 6 heteroatoms. The maximum absolute atomic E-state index is 11.8. The number of carbonyl (C=O) groups excluding carboxylic acids is 1. The van der Waals surface area contributed by atoms with Gasteiger partial charge in [0.1, 0.15) is 17.2 Å². The zero-order chi connectivity index (χ0) is 20.8. The molecule has 2 aromatic carbocycles. The van der Waals surface area contributed by atoms with Crippen LogP contribution < -0.4 is 9.64 Å². The highest BCUT2D eigenvalue weighted by Gasteiger charge is 2.25. The first-order valence-electron chi connectivity index (χ1n) is 10.4. The summed E-state index contributed by atoms with van der Waals surface area (Å²) < 4.78 is 5.91.